The number of carbonyl (C=O) groups is 1. The SMILES string of the molecule is O=CCC#Cc1ccccc1CO. The van der Waals surface area contributed by atoms with Crippen molar-refractivity contribution in [2.45, 2.75) is 13.0 Å². The summed E-state index contributed by atoms with van der Waals surface area (Å²) in [5.74, 6) is 5.52. The fourth-order valence-electron chi connectivity index (χ4n) is 0.968. The molecule has 13 heavy (non-hydrogen) atoms. The van der Waals surface area contributed by atoms with Crippen molar-refractivity contribution in [1.29, 1.82) is 0 Å². The monoisotopic (exact) mass is 174 g/mol. The van der Waals surface area contributed by atoms with Crippen molar-refractivity contribution in [3.05, 3.63) is 35.4 Å². The minimum atomic E-state index is -0.0219. The number of aliphatic hydroxyl groups is 1. The maximum absolute atomic E-state index is 10.00. The van der Waals surface area contributed by atoms with E-state index in [2.05, 4.69) is 11.8 Å². The maximum atomic E-state index is 10.00. The average Bonchev–Trinajstić information content (AvgIpc) is 2.19. The number of aldehydes is 1. The molecule has 0 spiro atoms. The first-order chi connectivity index (χ1) is 6.38. The Labute approximate surface area is 77.2 Å². The van der Waals surface area contributed by atoms with Crippen LogP contribution in [-0.2, 0) is 11.4 Å². The van der Waals surface area contributed by atoms with E-state index in [1.165, 1.54) is 0 Å². The Morgan fingerprint density at radius 1 is 1.38 bits per heavy atom. The van der Waals surface area contributed by atoms with E-state index >= 15 is 0 Å². The van der Waals surface area contributed by atoms with E-state index in [4.69, 9.17) is 5.11 Å². The summed E-state index contributed by atoms with van der Waals surface area (Å²) >= 11 is 0. The number of hydrogen-bond acceptors (Lipinski definition) is 2. The smallest absolute Gasteiger partial charge is 0.131 e. The highest BCUT2D eigenvalue weighted by atomic mass is 16.3. The Kier molecular flexibility index (Phi) is 3.74. The van der Waals surface area contributed by atoms with Gasteiger partial charge in [-0.3, -0.25) is 0 Å². The third kappa shape index (κ3) is 2.73. The zero-order valence-electron chi connectivity index (χ0n) is 7.16. The average molecular weight is 174 g/mol. The van der Waals surface area contributed by atoms with Crippen LogP contribution in [0.2, 0.25) is 0 Å². The molecule has 0 heterocycles. The molecule has 0 aliphatic carbocycles. The van der Waals surface area contributed by atoms with Crippen LogP contribution in [0, 0.1) is 11.8 Å². The van der Waals surface area contributed by atoms with Gasteiger partial charge in [0.05, 0.1) is 13.0 Å². The normalized spacial score (nSPS) is 8.69. The molecule has 0 atom stereocenters. The topological polar surface area (TPSA) is 37.3 Å². The van der Waals surface area contributed by atoms with Gasteiger partial charge in [-0.1, -0.05) is 30.0 Å². The fourth-order valence-corrected chi connectivity index (χ4v) is 0.968. The molecular formula is C11H10O2. The second-order valence-corrected chi connectivity index (χ2v) is 2.49. The minimum absolute atomic E-state index is 0.0219. The van der Waals surface area contributed by atoms with E-state index in [9.17, 15) is 4.79 Å². The summed E-state index contributed by atoms with van der Waals surface area (Å²) in [7, 11) is 0. The maximum Gasteiger partial charge on any atom is 0.131 e. The minimum Gasteiger partial charge on any atom is -0.392 e. The molecule has 0 fully saturated rings. The number of hydrogen-bond donors (Lipinski definition) is 1. The van der Waals surface area contributed by atoms with Crippen LogP contribution < -0.4 is 0 Å². The van der Waals surface area contributed by atoms with Crippen LogP contribution in [0.1, 0.15) is 17.5 Å². The summed E-state index contributed by atoms with van der Waals surface area (Å²) in [4.78, 5) is 10.00. The van der Waals surface area contributed by atoms with Crippen LogP contribution in [0.3, 0.4) is 0 Å². The van der Waals surface area contributed by atoms with Crippen molar-refractivity contribution in [2.24, 2.45) is 0 Å². The second-order valence-electron chi connectivity index (χ2n) is 2.49. The zero-order chi connectivity index (χ0) is 9.52. The first-order valence-corrected chi connectivity index (χ1v) is 3.99. The highest BCUT2D eigenvalue weighted by molar-refractivity contribution is 5.55. The van der Waals surface area contributed by atoms with Gasteiger partial charge in [-0.25, -0.2) is 0 Å². The van der Waals surface area contributed by atoms with Gasteiger partial charge in [-0.05, 0) is 11.6 Å². The lowest BCUT2D eigenvalue weighted by Gasteiger charge is -1.97. The summed E-state index contributed by atoms with van der Waals surface area (Å²) in [5, 5.41) is 8.94. The summed E-state index contributed by atoms with van der Waals surface area (Å²) < 4.78 is 0. The van der Waals surface area contributed by atoms with Gasteiger partial charge in [0, 0.05) is 5.56 Å². The highest BCUT2D eigenvalue weighted by Crippen LogP contribution is 2.06. The Morgan fingerprint density at radius 2 is 2.15 bits per heavy atom. The summed E-state index contributed by atoms with van der Waals surface area (Å²) in [6.07, 6.45) is 0.994. The molecule has 0 saturated carbocycles. The molecule has 0 radical (unpaired) electrons. The highest BCUT2D eigenvalue weighted by Gasteiger charge is 1.94. The van der Waals surface area contributed by atoms with Crippen molar-refractivity contribution < 1.29 is 9.90 Å². The standard InChI is InChI=1S/C11H10O2/c12-8-4-3-6-10-5-1-2-7-11(10)9-13/h1-2,5,7-8,13H,4,9H2. The van der Waals surface area contributed by atoms with E-state index in [0.717, 1.165) is 17.4 Å². The van der Waals surface area contributed by atoms with E-state index in [-0.39, 0.29) is 13.0 Å². The van der Waals surface area contributed by atoms with Gasteiger partial charge < -0.3 is 9.90 Å². The Hall–Kier alpha value is -1.59. The zero-order valence-corrected chi connectivity index (χ0v) is 7.16. The fraction of sp³-hybridized carbons (Fsp3) is 0.182. The van der Waals surface area contributed by atoms with Crippen LogP contribution >= 0.6 is 0 Å². The summed E-state index contributed by atoms with van der Waals surface area (Å²) in [5.41, 5.74) is 1.58. The largest absolute Gasteiger partial charge is 0.392 e. The number of aliphatic hydroxyl groups excluding tert-OH is 1. The molecule has 1 aromatic carbocycles. The van der Waals surface area contributed by atoms with Gasteiger partial charge in [0.2, 0.25) is 0 Å². The lowest BCUT2D eigenvalue weighted by Crippen LogP contribution is -1.87. The molecule has 66 valence electrons. The van der Waals surface area contributed by atoms with Crippen LogP contribution in [0.25, 0.3) is 0 Å². The first kappa shape index (κ1) is 9.50. The predicted octanol–water partition coefficient (Wildman–Crippen LogP) is 1.12. The third-order valence-corrected chi connectivity index (χ3v) is 1.60. The van der Waals surface area contributed by atoms with Gasteiger partial charge >= 0.3 is 0 Å². The molecule has 0 aromatic heterocycles. The van der Waals surface area contributed by atoms with Crippen LogP contribution in [0.5, 0.6) is 0 Å². The van der Waals surface area contributed by atoms with Crippen LogP contribution in [0.4, 0.5) is 0 Å². The van der Waals surface area contributed by atoms with E-state index in [0.29, 0.717) is 0 Å². The Morgan fingerprint density at radius 3 is 2.85 bits per heavy atom. The number of rotatable bonds is 2. The molecule has 1 N–H and O–H groups in total. The lowest BCUT2D eigenvalue weighted by molar-refractivity contribution is -0.107. The molecule has 2 nitrogen and oxygen atoms in total. The van der Waals surface area contributed by atoms with Gasteiger partial charge in [0.1, 0.15) is 6.29 Å². The van der Waals surface area contributed by atoms with E-state index < -0.39 is 0 Å². The third-order valence-electron chi connectivity index (χ3n) is 1.60. The Balaban J connectivity index is 2.88. The first-order valence-electron chi connectivity index (χ1n) is 3.99. The Bertz CT molecular complexity index is 345. The predicted molar refractivity (Wildman–Crippen MR) is 49.9 cm³/mol. The van der Waals surface area contributed by atoms with Gasteiger partial charge in [0.15, 0.2) is 0 Å². The van der Waals surface area contributed by atoms with Gasteiger partial charge in [-0.2, -0.15) is 0 Å². The quantitative estimate of drug-likeness (QED) is 0.539. The summed E-state index contributed by atoms with van der Waals surface area (Å²) in [6, 6.07) is 7.33. The number of carbonyl (C=O) groups excluding carboxylic acids is 1. The van der Waals surface area contributed by atoms with Gasteiger partial charge in [0.25, 0.3) is 0 Å². The van der Waals surface area contributed by atoms with Crippen molar-refractivity contribution in [2.75, 3.05) is 0 Å². The van der Waals surface area contributed by atoms with Crippen molar-refractivity contribution >= 4 is 6.29 Å². The lowest BCUT2D eigenvalue weighted by atomic mass is 10.1. The second kappa shape index (κ2) is 5.13. The van der Waals surface area contributed by atoms with Crippen molar-refractivity contribution in [3.8, 4) is 11.8 Å². The molecule has 1 rings (SSSR count). The molecular weight excluding hydrogens is 164 g/mol. The van der Waals surface area contributed by atoms with E-state index in [1.807, 2.05) is 24.3 Å². The van der Waals surface area contributed by atoms with Crippen molar-refractivity contribution in [1.82, 2.24) is 0 Å². The van der Waals surface area contributed by atoms with Crippen molar-refractivity contribution in [3.63, 3.8) is 0 Å². The van der Waals surface area contributed by atoms with Crippen LogP contribution in [0.15, 0.2) is 24.3 Å². The molecule has 0 saturated heterocycles. The molecule has 2 heteroatoms. The van der Waals surface area contributed by atoms with E-state index in [1.54, 1.807) is 0 Å². The number of benzene rings is 1. The summed E-state index contributed by atoms with van der Waals surface area (Å²) in [6.45, 7) is -0.0219. The molecule has 0 aliphatic rings. The van der Waals surface area contributed by atoms with Gasteiger partial charge in [-0.15, -0.1) is 0 Å². The van der Waals surface area contributed by atoms with Crippen LogP contribution in [-0.4, -0.2) is 11.4 Å². The molecule has 0 bridgehead atoms. The molecule has 0 amide bonds. The molecule has 0 aliphatic heterocycles. The molecule has 0 unspecified atom stereocenters. The molecule has 1 aromatic rings.